The average molecular weight is 540 g/mol. The Morgan fingerprint density at radius 1 is 1.11 bits per heavy atom. The number of amides is 1. The van der Waals surface area contributed by atoms with Crippen LogP contribution in [0.3, 0.4) is 0 Å². The second-order valence-corrected chi connectivity index (χ2v) is 10.3. The molecule has 1 aliphatic rings. The number of aromatic nitrogens is 1. The molecule has 0 saturated heterocycles. The maximum Gasteiger partial charge on any atom is 0.266 e. The Bertz CT molecular complexity index is 1360. The topological polar surface area (TPSA) is 68.5 Å². The van der Waals surface area contributed by atoms with Crippen LogP contribution in [0.2, 0.25) is 5.02 Å². The van der Waals surface area contributed by atoms with Crippen LogP contribution in [0.15, 0.2) is 60.9 Å². The zero-order chi connectivity index (χ0) is 26.4. The quantitative estimate of drug-likeness (QED) is 0.279. The summed E-state index contributed by atoms with van der Waals surface area (Å²) in [7, 11) is 3.14. The number of thiophene rings is 1. The number of halogens is 2. The minimum Gasteiger partial charge on any atom is -0.496 e. The van der Waals surface area contributed by atoms with Crippen LogP contribution in [0.1, 0.15) is 47.3 Å². The summed E-state index contributed by atoms with van der Waals surface area (Å²) >= 11 is 7.86. The fraction of sp³-hybridized carbons (Fsp3) is 0.310. The Kier molecular flexibility index (Phi) is 9.14. The predicted molar refractivity (Wildman–Crippen MR) is 150 cm³/mol. The zero-order valence-electron chi connectivity index (χ0n) is 21.0. The molecule has 194 valence electrons. The Hall–Kier alpha value is -3.00. The van der Waals surface area contributed by atoms with Gasteiger partial charge in [-0.15, -0.1) is 11.3 Å². The molecule has 2 N–H and O–H groups in total. The smallest absolute Gasteiger partial charge is 0.266 e. The number of ether oxygens (including phenoxy) is 1. The first-order valence-electron chi connectivity index (χ1n) is 12.4. The van der Waals surface area contributed by atoms with Crippen LogP contribution in [0.4, 0.5) is 4.39 Å². The fourth-order valence-corrected chi connectivity index (χ4v) is 6.42. The molecule has 0 unspecified atom stereocenters. The molecular weight excluding hydrogens is 509 g/mol. The molecule has 0 bridgehead atoms. The van der Waals surface area contributed by atoms with Gasteiger partial charge in [0.15, 0.2) is 0 Å². The number of pyridine rings is 1. The number of carbonyl (C=O) groups excluding carboxylic acids is 1. The summed E-state index contributed by atoms with van der Waals surface area (Å²) in [5.74, 6) is 0.169. The van der Waals surface area contributed by atoms with Gasteiger partial charge in [-0.1, -0.05) is 43.0 Å². The SMILES string of the molecule is CN.COc1ccc(-c2ccncc2)cc1CN(C(=O)c1sc2cccc(F)c2c1Cl)C1CCCCC1. The minimum absolute atomic E-state index is 0.0941. The lowest BCUT2D eigenvalue weighted by Gasteiger charge is -2.34. The monoisotopic (exact) mass is 539 g/mol. The summed E-state index contributed by atoms with van der Waals surface area (Å²) in [5.41, 5.74) is 7.49. The van der Waals surface area contributed by atoms with Crippen molar-refractivity contribution in [2.24, 2.45) is 5.73 Å². The van der Waals surface area contributed by atoms with Crippen LogP contribution >= 0.6 is 22.9 Å². The molecule has 1 saturated carbocycles. The molecule has 0 atom stereocenters. The van der Waals surface area contributed by atoms with Crippen LogP contribution in [-0.4, -0.2) is 36.0 Å². The molecule has 4 aromatic rings. The third kappa shape index (κ3) is 5.79. The molecule has 0 spiro atoms. The standard InChI is InChI=1S/C28H26ClFN2O2S.CH5N/c1-34-23-11-10-19(18-12-14-31-15-13-18)16-20(23)17-32(21-6-3-2-4-7-21)28(33)27-26(29)25-22(30)8-5-9-24(25)35-27;1-2/h5,8-16,21H,2-4,6-7,17H2,1H3;2H2,1H3. The van der Waals surface area contributed by atoms with Crippen LogP contribution < -0.4 is 10.5 Å². The van der Waals surface area contributed by atoms with Gasteiger partial charge < -0.3 is 15.4 Å². The first-order valence-corrected chi connectivity index (χ1v) is 13.6. The van der Waals surface area contributed by atoms with Crippen molar-refractivity contribution in [2.45, 2.75) is 44.7 Å². The summed E-state index contributed by atoms with van der Waals surface area (Å²) in [5, 5.41) is 0.523. The number of methoxy groups -OCH3 is 1. The van der Waals surface area contributed by atoms with E-state index in [1.54, 1.807) is 31.6 Å². The number of nitrogens with zero attached hydrogens (tertiary/aromatic N) is 2. The van der Waals surface area contributed by atoms with E-state index in [9.17, 15) is 9.18 Å². The number of hydrogen-bond donors (Lipinski definition) is 1. The fourth-order valence-electron chi connectivity index (χ4n) is 4.91. The highest BCUT2D eigenvalue weighted by molar-refractivity contribution is 7.21. The van der Waals surface area contributed by atoms with Gasteiger partial charge in [-0.2, -0.15) is 0 Å². The Morgan fingerprint density at radius 2 is 1.84 bits per heavy atom. The molecule has 2 heterocycles. The molecule has 5 nitrogen and oxygen atoms in total. The van der Waals surface area contributed by atoms with Gasteiger partial charge >= 0.3 is 0 Å². The van der Waals surface area contributed by atoms with E-state index in [4.69, 9.17) is 16.3 Å². The lowest BCUT2D eigenvalue weighted by Crippen LogP contribution is -2.40. The number of hydrogen-bond acceptors (Lipinski definition) is 5. The van der Waals surface area contributed by atoms with Crippen molar-refractivity contribution >= 4 is 38.9 Å². The van der Waals surface area contributed by atoms with Gasteiger partial charge in [-0.3, -0.25) is 9.78 Å². The molecule has 8 heteroatoms. The van der Waals surface area contributed by atoms with Crippen molar-refractivity contribution in [3.8, 4) is 16.9 Å². The average Bonchev–Trinajstić information content (AvgIpc) is 3.30. The number of carbonyl (C=O) groups is 1. The van der Waals surface area contributed by atoms with Gasteiger partial charge in [-0.25, -0.2) is 4.39 Å². The molecule has 1 aliphatic carbocycles. The maximum absolute atomic E-state index is 14.5. The summed E-state index contributed by atoms with van der Waals surface area (Å²) in [6.07, 6.45) is 8.74. The number of nitrogens with two attached hydrogens (primary N) is 1. The van der Waals surface area contributed by atoms with Gasteiger partial charge in [0.25, 0.3) is 5.91 Å². The van der Waals surface area contributed by atoms with Gasteiger partial charge in [0.1, 0.15) is 16.4 Å². The Balaban J connectivity index is 0.00000156. The van der Waals surface area contributed by atoms with Crippen LogP contribution in [0.5, 0.6) is 5.75 Å². The van der Waals surface area contributed by atoms with Crippen molar-refractivity contribution in [2.75, 3.05) is 14.2 Å². The first kappa shape index (κ1) is 27.0. The zero-order valence-corrected chi connectivity index (χ0v) is 22.6. The van der Waals surface area contributed by atoms with E-state index in [-0.39, 0.29) is 17.0 Å². The summed E-state index contributed by atoms with van der Waals surface area (Å²) in [6, 6.07) is 14.9. The molecule has 5 rings (SSSR count). The van der Waals surface area contributed by atoms with Gasteiger partial charge in [-0.05, 0) is 67.4 Å². The number of fused-ring (bicyclic) bond motifs is 1. The molecule has 1 fully saturated rings. The van der Waals surface area contributed by atoms with Gasteiger partial charge in [0.2, 0.25) is 0 Å². The highest BCUT2D eigenvalue weighted by Crippen LogP contribution is 2.39. The third-order valence-electron chi connectivity index (χ3n) is 6.71. The predicted octanol–water partition coefficient (Wildman–Crippen LogP) is 7.31. The van der Waals surface area contributed by atoms with Crippen molar-refractivity contribution in [1.29, 1.82) is 0 Å². The summed E-state index contributed by atoms with van der Waals surface area (Å²) in [6.45, 7) is 0.388. The molecule has 1 amide bonds. The van der Waals surface area contributed by atoms with E-state index >= 15 is 0 Å². The van der Waals surface area contributed by atoms with E-state index in [0.717, 1.165) is 48.1 Å². The Labute approximate surface area is 226 Å². The van der Waals surface area contributed by atoms with Crippen LogP contribution in [0, 0.1) is 5.82 Å². The van der Waals surface area contributed by atoms with Crippen LogP contribution in [0.25, 0.3) is 21.2 Å². The normalized spacial score (nSPS) is 13.6. The van der Waals surface area contributed by atoms with Gasteiger partial charge in [0, 0.05) is 40.6 Å². The van der Waals surface area contributed by atoms with Crippen LogP contribution in [-0.2, 0) is 6.54 Å². The third-order valence-corrected chi connectivity index (χ3v) is 8.34. The van der Waals surface area contributed by atoms with E-state index in [0.29, 0.717) is 21.5 Å². The molecule has 2 aromatic carbocycles. The van der Waals surface area contributed by atoms with Gasteiger partial charge in [0.05, 0.1) is 12.1 Å². The largest absolute Gasteiger partial charge is 0.496 e. The van der Waals surface area contributed by atoms with E-state index in [1.165, 1.54) is 30.9 Å². The van der Waals surface area contributed by atoms with Crippen molar-refractivity contribution in [1.82, 2.24) is 9.88 Å². The molecule has 0 radical (unpaired) electrons. The minimum atomic E-state index is -0.404. The lowest BCUT2D eigenvalue weighted by molar-refractivity contribution is 0.0618. The lowest BCUT2D eigenvalue weighted by atomic mass is 9.93. The maximum atomic E-state index is 14.5. The molecule has 37 heavy (non-hydrogen) atoms. The number of benzene rings is 2. The summed E-state index contributed by atoms with van der Waals surface area (Å²) in [4.78, 5) is 20.4. The summed E-state index contributed by atoms with van der Waals surface area (Å²) < 4.78 is 20.9. The van der Waals surface area contributed by atoms with Crippen molar-refractivity contribution in [3.63, 3.8) is 0 Å². The molecule has 2 aromatic heterocycles. The molecular formula is C29H31ClFN3O2S. The second-order valence-electron chi connectivity index (χ2n) is 8.85. The highest BCUT2D eigenvalue weighted by atomic mass is 35.5. The van der Waals surface area contributed by atoms with E-state index in [2.05, 4.69) is 16.8 Å². The van der Waals surface area contributed by atoms with Crippen molar-refractivity contribution in [3.05, 3.63) is 82.2 Å². The second kappa shape index (κ2) is 12.5. The van der Waals surface area contributed by atoms with Crippen molar-refractivity contribution < 1.29 is 13.9 Å². The highest BCUT2D eigenvalue weighted by Gasteiger charge is 2.31. The molecule has 0 aliphatic heterocycles. The first-order chi connectivity index (χ1) is 18.1. The Morgan fingerprint density at radius 3 is 2.51 bits per heavy atom. The number of rotatable bonds is 6. The van der Waals surface area contributed by atoms with E-state index in [1.807, 2.05) is 29.2 Å². The van der Waals surface area contributed by atoms with E-state index < -0.39 is 5.82 Å².